The number of hydrogen-bond donors (Lipinski definition) is 0. The summed E-state index contributed by atoms with van der Waals surface area (Å²) in [6.45, 7) is 6.55. The summed E-state index contributed by atoms with van der Waals surface area (Å²) in [7, 11) is 0. The van der Waals surface area contributed by atoms with Crippen molar-refractivity contribution in [1.29, 1.82) is 0 Å². The van der Waals surface area contributed by atoms with Gasteiger partial charge >= 0.3 is 0 Å². The van der Waals surface area contributed by atoms with E-state index in [1.54, 1.807) is 41.4 Å². The summed E-state index contributed by atoms with van der Waals surface area (Å²) in [6, 6.07) is 8.43. The molecule has 2 heterocycles. The molecule has 25 heavy (non-hydrogen) atoms. The fourth-order valence-corrected chi connectivity index (χ4v) is 2.67. The normalized spacial score (nSPS) is 14.2. The molecule has 0 spiro atoms. The molecule has 3 rings (SSSR count). The van der Waals surface area contributed by atoms with Crippen LogP contribution in [0.5, 0.6) is 0 Å². The number of anilines is 1. The first-order chi connectivity index (χ1) is 12.1. The van der Waals surface area contributed by atoms with Gasteiger partial charge in [0.05, 0.1) is 11.3 Å². The van der Waals surface area contributed by atoms with E-state index < -0.39 is 5.91 Å². The van der Waals surface area contributed by atoms with E-state index in [4.69, 9.17) is 11.6 Å². The summed E-state index contributed by atoms with van der Waals surface area (Å²) in [5.74, 6) is -0.771. The Labute approximate surface area is 152 Å². The van der Waals surface area contributed by atoms with Crippen LogP contribution in [0, 0.1) is 0 Å². The summed E-state index contributed by atoms with van der Waals surface area (Å²) in [4.78, 5) is 34.4. The number of nitrogens with zero attached hydrogens (tertiary/aromatic N) is 3. The minimum Gasteiger partial charge on any atom is -0.306 e. The molecule has 1 aromatic carbocycles. The largest absolute Gasteiger partial charge is 0.306 e. The Morgan fingerprint density at radius 1 is 1.28 bits per heavy atom. The molecule has 0 aliphatic carbocycles. The lowest BCUT2D eigenvalue weighted by atomic mass is 10.1. The first kappa shape index (κ1) is 18.8. The Morgan fingerprint density at radius 3 is 2.68 bits per heavy atom. The molecule has 0 saturated carbocycles. The highest BCUT2D eigenvalue weighted by Crippen LogP contribution is 2.32. The van der Waals surface area contributed by atoms with Gasteiger partial charge in [-0.1, -0.05) is 32.4 Å². The average molecular weight is 358 g/mol. The zero-order chi connectivity index (χ0) is 18.4. The number of aromatic nitrogens is 1. The lowest BCUT2D eigenvalue weighted by Gasteiger charge is -2.15. The second-order valence-electron chi connectivity index (χ2n) is 5.13. The van der Waals surface area contributed by atoms with Crippen LogP contribution in [0.1, 0.15) is 43.1 Å². The Balaban J connectivity index is 0.00000109. The molecule has 1 aliphatic heterocycles. The summed E-state index contributed by atoms with van der Waals surface area (Å²) >= 11 is 6.03. The molecule has 0 bridgehead atoms. The highest BCUT2D eigenvalue weighted by atomic mass is 35.5. The molecule has 0 saturated heterocycles. The van der Waals surface area contributed by atoms with Crippen LogP contribution < -0.4 is 4.90 Å². The van der Waals surface area contributed by atoms with Crippen LogP contribution in [-0.2, 0) is 4.79 Å². The fourth-order valence-electron chi connectivity index (χ4n) is 2.49. The maximum absolute atomic E-state index is 12.6. The second-order valence-corrected chi connectivity index (χ2v) is 5.56. The topological polar surface area (TPSA) is 62.6 Å². The van der Waals surface area contributed by atoms with Crippen molar-refractivity contribution in [2.75, 3.05) is 11.4 Å². The van der Waals surface area contributed by atoms with Gasteiger partial charge in [-0.15, -0.1) is 0 Å². The number of aliphatic imine (C=N–C) groups is 1. The van der Waals surface area contributed by atoms with E-state index in [1.165, 1.54) is 6.20 Å². The van der Waals surface area contributed by atoms with Crippen LogP contribution in [0.15, 0.2) is 47.7 Å². The third-order valence-electron chi connectivity index (χ3n) is 3.52. The van der Waals surface area contributed by atoms with Gasteiger partial charge in [0.15, 0.2) is 0 Å². The highest BCUT2D eigenvalue weighted by Gasteiger charge is 2.34. The van der Waals surface area contributed by atoms with Crippen molar-refractivity contribution in [2.24, 2.45) is 4.99 Å². The van der Waals surface area contributed by atoms with E-state index in [-0.39, 0.29) is 11.6 Å². The fraction of sp³-hybridized carbons (Fsp3) is 0.263. The van der Waals surface area contributed by atoms with Gasteiger partial charge in [-0.25, -0.2) is 4.99 Å². The maximum atomic E-state index is 12.6. The number of carbonyl (C=O) groups is 2. The van der Waals surface area contributed by atoms with Gasteiger partial charge in [0.2, 0.25) is 0 Å². The van der Waals surface area contributed by atoms with E-state index >= 15 is 0 Å². The minimum absolute atomic E-state index is 0.129. The van der Waals surface area contributed by atoms with Gasteiger partial charge in [-0.05, 0) is 36.8 Å². The number of pyridine rings is 1. The van der Waals surface area contributed by atoms with Crippen molar-refractivity contribution in [2.45, 2.75) is 27.2 Å². The number of halogens is 1. The van der Waals surface area contributed by atoms with Crippen molar-refractivity contribution in [3.63, 3.8) is 0 Å². The van der Waals surface area contributed by atoms with Crippen LogP contribution in [0.4, 0.5) is 5.69 Å². The van der Waals surface area contributed by atoms with Gasteiger partial charge in [0.25, 0.3) is 11.8 Å². The van der Waals surface area contributed by atoms with Crippen LogP contribution >= 0.6 is 11.6 Å². The predicted octanol–water partition coefficient (Wildman–Crippen LogP) is 4.15. The van der Waals surface area contributed by atoms with Gasteiger partial charge in [-0.3, -0.25) is 14.6 Å². The first-order valence-electron chi connectivity index (χ1n) is 8.26. The number of fused-ring (bicyclic) bond motifs is 1. The molecule has 0 atom stereocenters. The lowest BCUT2D eigenvalue weighted by Crippen LogP contribution is -2.31. The molecule has 2 amide bonds. The van der Waals surface area contributed by atoms with Gasteiger partial charge < -0.3 is 4.90 Å². The first-order valence-corrected chi connectivity index (χ1v) is 8.64. The molecule has 2 aromatic rings. The maximum Gasteiger partial charge on any atom is 0.279 e. The van der Waals surface area contributed by atoms with Crippen LogP contribution in [0.2, 0.25) is 5.02 Å². The smallest absolute Gasteiger partial charge is 0.279 e. The molecule has 130 valence electrons. The van der Waals surface area contributed by atoms with E-state index in [1.807, 2.05) is 20.8 Å². The summed E-state index contributed by atoms with van der Waals surface area (Å²) < 4.78 is 0. The number of amides is 2. The standard InChI is InChI=1S/C17H14ClN3O2.C2H6/c1-2-8-21-14-6-5-12(18)9-13(14)15(17(21)23)20-16(22)11-4-3-7-19-10-11;1-2/h3-7,9-10H,2,8H2,1H3;1-2H3. The van der Waals surface area contributed by atoms with E-state index in [2.05, 4.69) is 9.98 Å². The second kappa shape index (κ2) is 8.53. The van der Waals surface area contributed by atoms with Crippen molar-refractivity contribution < 1.29 is 9.59 Å². The van der Waals surface area contributed by atoms with Gasteiger partial charge in [-0.2, -0.15) is 0 Å². The molecule has 0 N–H and O–H groups in total. The highest BCUT2D eigenvalue weighted by molar-refractivity contribution is 6.55. The van der Waals surface area contributed by atoms with E-state index in [0.29, 0.717) is 22.7 Å². The molecule has 0 unspecified atom stereocenters. The Hall–Kier alpha value is -2.53. The Kier molecular flexibility index (Phi) is 6.42. The molecule has 1 aromatic heterocycles. The van der Waals surface area contributed by atoms with Crippen LogP contribution in [0.3, 0.4) is 0 Å². The quantitative estimate of drug-likeness (QED) is 0.829. The monoisotopic (exact) mass is 357 g/mol. The van der Waals surface area contributed by atoms with E-state index in [0.717, 1.165) is 12.1 Å². The number of carbonyl (C=O) groups excluding carboxylic acids is 2. The van der Waals surface area contributed by atoms with Crippen LogP contribution in [-0.4, -0.2) is 29.1 Å². The predicted molar refractivity (Wildman–Crippen MR) is 101 cm³/mol. The minimum atomic E-state index is -0.495. The van der Waals surface area contributed by atoms with E-state index in [9.17, 15) is 9.59 Å². The molecular weight excluding hydrogens is 338 g/mol. The van der Waals surface area contributed by atoms with Crippen molar-refractivity contribution >= 4 is 34.8 Å². The molecule has 0 radical (unpaired) electrons. The van der Waals surface area contributed by atoms with Gasteiger partial charge in [0.1, 0.15) is 5.71 Å². The molecule has 0 fully saturated rings. The van der Waals surface area contributed by atoms with Crippen molar-refractivity contribution in [3.05, 3.63) is 58.9 Å². The number of rotatable bonds is 3. The lowest BCUT2D eigenvalue weighted by molar-refractivity contribution is -0.112. The average Bonchev–Trinajstić information content (AvgIpc) is 2.89. The molecular formula is C19H20ClN3O2. The molecule has 1 aliphatic rings. The Morgan fingerprint density at radius 2 is 2.04 bits per heavy atom. The molecule has 5 nitrogen and oxygen atoms in total. The summed E-state index contributed by atoms with van der Waals surface area (Å²) in [6.07, 6.45) is 3.80. The summed E-state index contributed by atoms with van der Waals surface area (Å²) in [5.41, 5.74) is 1.79. The number of hydrogen-bond acceptors (Lipinski definition) is 3. The zero-order valence-electron chi connectivity index (χ0n) is 14.5. The van der Waals surface area contributed by atoms with Crippen LogP contribution in [0.25, 0.3) is 0 Å². The number of benzene rings is 1. The third kappa shape index (κ3) is 3.94. The van der Waals surface area contributed by atoms with Crippen molar-refractivity contribution in [3.8, 4) is 0 Å². The van der Waals surface area contributed by atoms with Crippen molar-refractivity contribution in [1.82, 2.24) is 4.98 Å². The zero-order valence-corrected chi connectivity index (χ0v) is 15.2. The third-order valence-corrected chi connectivity index (χ3v) is 3.76. The van der Waals surface area contributed by atoms with Gasteiger partial charge in [0, 0.05) is 29.5 Å². The Bertz CT molecular complexity index is 804. The summed E-state index contributed by atoms with van der Waals surface area (Å²) in [5, 5.41) is 0.497. The molecule has 6 heteroatoms. The SMILES string of the molecule is CC.CCCN1C(=O)C(=NC(=O)c2cccnc2)c2cc(Cl)ccc21.